The van der Waals surface area contributed by atoms with Gasteiger partial charge in [-0.05, 0) is 54.9 Å². The molecule has 1 aliphatic carbocycles. The number of carbonyl (C=O) groups is 1. The lowest BCUT2D eigenvalue weighted by Crippen LogP contribution is -2.53. The number of nitrogens with zero attached hydrogens (tertiary/aromatic N) is 3. The molecule has 0 radical (unpaired) electrons. The van der Waals surface area contributed by atoms with Gasteiger partial charge in [-0.2, -0.15) is 5.10 Å². The van der Waals surface area contributed by atoms with Crippen molar-refractivity contribution in [3.05, 3.63) is 47.2 Å². The van der Waals surface area contributed by atoms with Crippen molar-refractivity contribution in [1.82, 2.24) is 15.1 Å². The molecule has 1 aromatic heterocycles. The van der Waals surface area contributed by atoms with Crippen LogP contribution in [-0.2, 0) is 10.3 Å². The number of aromatic nitrogens is 2. The van der Waals surface area contributed by atoms with E-state index in [1.165, 1.54) is 6.07 Å². The number of alkyl halides is 2. The largest absolute Gasteiger partial charge is 0.387 e. The Balaban J connectivity index is 2.23. The monoisotopic (exact) mass is 453 g/mol. The minimum atomic E-state index is -2.81. The van der Waals surface area contributed by atoms with Gasteiger partial charge in [0.25, 0.3) is 6.43 Å². The fourth-order valence-corrected chi connectivity index (χ4v) is 4.62. The van der Waals surface area contributed by atoms with Gasteiger partial charge in [0.15, 0.2) is 0 Å². The van der Waals surface area contributed by atoms with Crippen LogP contribution in [0.3, 0.4) is 0 Å². The summed E-state index contributed by atoms with van der Waals surface area (Å²) >= 11 is 0. The predicted octanol–water partition coefficient (Wildman–Crippen LogP) is 4.65. The maximum Gasteiger partial charge on any atom is 0.255 e. The van der Waals surface area contributed by atoms with Gasteiger partial charge in [-0.3, -0.25) is 4.79 Å². The fraction of sp³-hybridized carbons (Fsp3) is 0.522. The molecule has 0 bridgehead atoms. The highest BCUT2D eigenvalue weighted by molar-refractivity contribution is 5.78. The Kier molecular flexibility index (Phi) is 6.60. The average Bonchev–Trinajstić information content (AvgIpc) is 2.70. The number of aliphatic hydroxyl groups is 1. The Labute approximate surface area is 184 Å². The summed E-state index contributed by atoms with van der Waals surface area (Å²) in [6, 6.07) is 5.03. The predicted molar refractivity (Wildman–Crippen MR) is 111 cm³/mol. The van der Waals surface area contributed by atoms with Crippen molar-refractivity contribution in [2.75, 3.05) is 13.2 Å². The summed E-state index contributed by atoms with van der Waals surface area (Å²) in [6.45, 7) is 5.82. The van der Waals surface area contributed by atoms with Crippen LogP contribution in [0.15, 0.2) is 24.3 Å². The first-order valence-corrected chi connectivity index (χ1v) is 10.4. The van der Waals surface area contributed by atoms with Gasteiger partial charge in [0.1, 0.15) is 18.2 Å². The van der Waals surface area contributed by atoms with Crippen LogP contribution in [0.1, 0.15) is 57.7 Å². The quantitative estimate of drug-likeness (QED) is 0.670. The number of halogens is 4. The highest BCUT2D eigenvalue weighted by Gasteiger charge is 2.47. The number of carbonyl (C=O) groups excluding carboxylic acids is 1. The lowest BCUT2D eigenvalue weighted by molar-refractivity contribution is -0.144. The third-order valence-electron chi connectivity index (χ3n) is 6.25. The van der Waals surface area contributed by atoms with Crippen molar-refractivity contribution in [2.24, 2.45) is 5.41 Å². The second-order valence-electron chi connectivity index (χ2n) is 9.41. The smallest absolute Gasteiger partial charge is 0.255 e. The average molecular weight is 453 g/mol. The van der Waals surface area contributed by atoms with Gasteiger partial charge in [0.05, 0.1) is 29.0 Å². The number of rotatable bonds is 5. The van der Waals surface area contributed by atoms with Crippen molar-refractivity contribution >= 4 is 5.91 Å². The normalized spacial score (nSPS) is 20.9. The summed E-state index contributed by atoms with van der Waals surface area (Å²) in [4.78, 5) is 13.4. The van der Waals surface area contributed by atoms with E-state index >= 15 is 0 Å². The number of aliphatic hydroxyl groups excluding tert-OH is 1. The first-order valence-electron chi connectivity index (χ1n) is 10.4. The minimum absolute atomic E-state index is 0.00764. The number of hydrogen-bond acceptors (Lipinski definition) is 4. The zero-order valence-corrected chi connectivity index (χ0v) is 18.5. The van der Waals surface area contributed by atoms with Crippen molar-refractivity contribution < 1.29 is 27.5 Å². The Morgan fingerprint density at radius 1 is 1.25 bits per heavy atom. The molecule has 32 heavy (non-hydrogen) atoms. The van der Waals surface area contributed by atoms with E-state index < -0.39 is 42.7 Å². The third-order valence-corrected chi connectivity index (χ3v) is 6.25. The van der Waals surface area contributed by atoms with Crippen LogP contribution < -0.4 is 0 Å². The van der Waals surface area contributed by atoms with Gasteiger partial charge in [-0.25, -0.2) is 17.6 Å². The third kappa shape index (κ3) is 4.35. The van der Waals surface area contributed by atoms with Gasteiger partial charge >= 0.3 is 0 Å². The molecule has 1 amide bonds. The molecule has 0 spiro atoms. The lowest BCUT2D eigenvalue weighted by Gasteiger charge is -2.48. The molecule has 5 nitrogen and oxygen atoms in total. The van der Waals surface area contributed by atoms with Crippen LogP contribution >= 0.6 is 0 Å². The number of amides is 1. The van der Waals surface area contributed by atoms with Gasteiger partial charge in [-0.15, -0.1) is 5.10 Å². The Hall–Kier alpha value is -2.55. The van der Waals surface area contributed by atoms with E-state index in [0.29, 0.717) is 24.1 Å². The molecule has 0 unspecified atom stereocenters. The summed E-state index contributed by atoms with van der Waals surface area (Å²) in [5, 5.41) is 17.7. The van der Waals surface area contributed by atoms with Crippen molar-refractivity contribution in [2.45, 2.75) is 58.4 Å². The van der Waals surface area contributed by atoms with Gasteiger partial charge in [-0.1, -0.05) is 26.8 Å². The van der Waals surface area contributed by atoms with E-state index in [2.05, 4.69) is 10.2 Å². The molecule has 1 N–H and O–H groups in total. The molecule has 3 rings (SSSR count). The second-order valence-corrected chi connectivity index (χ2v) is 9.41. The second kappa shape index (κ2) is 8.77. The van der Waals surface area contributed by atoms with E-state index in [1.807, 2.05) is 20.8 Å². The van der Waals surface area contributed by atoms with E-state index in [-0.39, 0.29) is 22.6 Å². The molecule has 9 heteroatoms. The standard InChI is InChI=1S/C23H27F4N3O2/c1-22(2,3)14-8-9-23(4,30(11-18(26)27)19(32)12-31)21-13(14)10-17(28-29-21)20-15(24)6-5-7-16(20)25/h5-7,10,14,18,31H,8-9,11-12H2,1-4H3/t14-,23-/m0/s1. The molecule has 0 saturated heterocycles. The summed E-state index contributed by atoms with van der Waals surface area (Å²) < 4.78 is 55.5. The van der Waals surface area contributed by atoms with Crippen LogP contribution in [-0.4, -0.2) is 45.7 Å². The fourth-order valence-electron chi connectivity index (χ4n) is 4.62. The minimum Gasteiger partial charge on any atom is -0.387 e. The first kappa shape index (κ1) is 24.1. The zero-order valence-electron chi connectivity index (χ0n) is 18.5. The molecule has 0 saturated carbocycles. The molecule has 174 valence electrons. The number of benzene rings is 1. The Bertz CT molecular complexity index is 989. The molecule has 1 aliphatic rings. The molecular weight excluding hydrogens is 426 g/mol. The summed E-state index contributed by atoms with van der Waals surface area (Å²) in [5.74, 6) is -2.55. The Morgan fingerprint density at radius 3 is 2.41 bits per heavy atom. The van der Waals surface area contributed by atoms with Crippen LogP contribution in [0.25, 0.3) is 11.3 Å². The summed E-state index contributed by atoms with van der Waals surface area (Å²) in [5.41, 5.74) is -0.966. The van der Waals surface area contributed by atoms with E-state index in [0.717, 1.165) is 17.0 Å². The molecule has 1 aromatic carbocycles. The highest BCUT2D eigenvalue weighted by atomic mass is 19.3. The highest BCUT2D eigenvalue weighted by Crippen LogP contribution is 2.50. The maximum atomic E-state index is 14.4. The van der Waals surface area contributed by atoms with E-state index in [4.69, 9.17) is 0 Å². The molecule has 0 aliphatic heterocycles. The summed E-state index contributed by atoms with van der Waals surface area (Å²) in [7, 11) is 0. The number of hydrogen-bond donors (Lipinski definition) is 1. The van der Waals surface area contributed by atoms with Gasteiger partial charge in [0, 0.05) is 0 Å². The number of fused-ring (bicyclic) bond motifs is 1. The summed E-state index contributed by atoms with van der Waals surface area (Å²) in [6.07, 6.45) is -1.97. The van der Waals surface area contributed by atoms with Crippen molar-refractivity contribution in [1.29, 1.82) is 0 Å². The topological polar surface area (TPSA) is 66.3 Å². The Morgan fingerprint density at radius 2 is 1.88 bits per heavy atom. The van der Waals surface area contributed by atoms with Gasteiger partial charge < -0.3 is 10.0 Å². The van der Waals surface area contributed by atoms with Crippen LogP contribution in [0, 0.1) is 17.0 Å². The van der Waals surface area contributed by atoms with Gasteiger partial charge in [0.2, 0.25) is 5.91 Å². The molecule has 2 aromatic rings. The van der Waals surface area contributed by atoms with E-state index in [9.17, 15) is 27.5 Å². The first-order chi connectivity index (χ1) is 14.9. The maximum absolute atomic E-state index is 14.4. The molecule has 1 heterocycles. The SMILES string of the molecule is CC(C)(C)[C@H]1CC[C@](C)(N(CC(F)F)C(=O)CO)c2nnc(-c3c(F)cccc3F)cc21. The van der Waals surface area contributed by atoms with E-state index in [1.54, 1.807) is 13.0 Å². The van der Waals surface area contributed by atoms with Crippen LogP contribution in [0.4, 0.5) is 17.6 Å². The van der Waals surface area contributed by atoms with Crippen molar-refractivity contribution in [3.63, 3.8) is 0 Å². The lowest BCUT2D eigenvalue weighted by atomic mass is 9.65. The molecular formula is C23H27F4N3O2. The molecule has 0 fully saturated rings. The van der Waals surface area contributed by atoms with Crippen LogP contribution in [0.5, 0.6) is 0 Å². The zero-order chi connectivity index (χ0) is 23.8. The van der Waals surface area contributed by atoms with Crippen molar-refractivity contribution in [3.8, 4) is 11.3 Å². The molecule has 2 atom stereocenters. The van der Waals surface area contributed by atoms with Crippen LogP contribution in [0.2, 0.25) is 0 Å².